The standard InChI is InChI=1S/C19H21BrN2O/c1-14-13-15(20)5-10-18(14)19(23)21-16-6-8-17(9-7-16)22-11-3-2-4-12-22/h5-10,13H,2-4,11-12H2,1H3,(H,21,23). The summed E-state index contributed by atoms with van der Waals surface area (Å²) < 4.78 is 0.984. The molecule has 23 heavy (non-hydrogen) atoms. The van der Waals surface area contributed by atoms with Gasteiger partial charge in [0.1, 0.15) is 0 Å². The molecule has 2 aromatic carbocycles. The minimum absolute atomic E-state index is 0.0688. The molecule has 0 spiro atoms. The number of benzene rings is 2. The quantitative estimate of drug-likeness (QED) is 0.821. The van der Waals surface area contributed by atoms with Gasteiger partial charge >= 0.3 is 0 Å². The zero-order valence-electron chi connectivity index (χ0n) is 13.3. The predicted molar refractivity (Wildman–Crippen MR) is 99.3 cm³/mol. The van der Waals surface area contributed by atoms with Gasteiger partial charge in [-0.25, -0.2) is 0 Å². The van der Waals surface area contributed by atoms with Gasteiger partial charge in [-0.2, -0.15) is 0 Å². The molecule has 3 nitrogen and oxygen atoms in total. The fraction of sp³-hybridized carbons (Fsp3) is 0.316. The van der Waals surface area contributed by atoms with Gasteiger partial charge in [0.2, 0.25) is 0 Å². The topological polar surface area (TPSA) is 32.3 Å². The molecule has 1 amide bonds. The molecule has 0 atom stereocenters. The lowest BCUT2D eigenvalue weighted by Gasteiger charge is -2.28. The van der Waals surface area contributed by atoms with Gasteiger partial charge in [0.25, 0.3) is 5.91 Å². The zero-order chi connectivity index (χ0) is 16.2. The monoisotopic (exact) mass is 372 g/mol. The summed E-state index contributed by atoms with van der Waals surface area (Å²) in [6.45, 7) is 4.20. The van der Waals surface area contributed by atoms with Gasteiger partial charge in [-0.15, -0.1) is 0 Å². The SMILES string of the molecule is Cc1cc(Br)ccc1C(=O)Nc1ccc(N2CCCCC2)cc1. The Balaban J connectivity index is 1.69. The van der Waals surface area contributed by atoms with E-state index in [9.17, 15) is 4.79 Å². The fourth-order valence-electron chi connectivity index (χ4n) is 2.99. The molecule has 1 saturated heterocycles. The molecular weight excluding hydrogens is 352 g/mol. The molecule has 0 saturated carbocycles. The predicted octanol–water partition coefficient (Wildman–Crippen LogP) is 5.00. The number of carbonyl (C=O) groups is 1. The van der Waals surface area contributed by atoms with Crippen molar-refractivity contribution in [3.8, 4) is 0 Å². The summed E-state index contributed by atoms with van der Waals surface area (Å²) in [4.78, 5) is 14.8. The lowest BCUT2D eigenvalue weighted by atomic mass is 10.1. The maximum Gasteiger partial charge on any atom is 0.255 e. The third-order valence-corrected chi connectivity index (χ3v) is 4.77. The van der Waals surface area contributed by atoms with Crippen LogP contribution in [0.4, 0.5) is 11.4 Å². The summed E-state index contributed by atoms with van der Waals surface area (Å²) in [7, 11) is 0. The van der Waals surface area contributed by atoms with E-state index in [0.29, 0.717) is 5.56 Å². The summed E-state index contributed by atoms with van der Waals surface area (Å²) >= 11 is 3.42. The summed E-state index contributed by atoms with van der Waals surface area (Å²) in [5.41, 5.74) is 3.73. The number of hydrogen-bond donors (Lipinski definition) is 1. The minimum atomic E-state index is -0.0688. The van der Waals surface area contributed by atoms with Crippen LogP contribution in [0, 0.1) is 6.92 Å². The lowest BCUT2D eigenvalue weighted by Crippen LogP contribution is -2.29. The fourth-order valence-corrected chi connectivity index (χ4v) is 3.46. The number of piperidine rings is 1. The van der Waals surface area contributed by atoms with Crippen LogP contribution in [0.2, 0.25) is 0 Å². The van der Waals surface area contributed by atoms with Crippen molar-refractivity contribution in [1.29, 1.82) is 0 Å². The normalized spacial score (nSPS) is 14.6. The largest absolute Gasteiger partial charge is 0.372 e. The third kappa shape index (κ3) is 3.94. The van der Waals surface area contributed by atoms with E-state index in [4.69, 9.17) is 0 Å². The molecule has 1 N–H and O–H groups in total. The Bertz CT molecular complexity index is 691. The highest BCUT2D eigenvalue weighted by Crippen LogP contribution is 2.23. The molecule has 120 valence electrons. The van der Waals surface area contributed by atoms with Gasteiger partial charge in [-0.1, -0.05) is 15.9 Å². The molecule has 1 aliphatic rings. The Labute approximate surface area is 145 Å². The van der Waals surface area contributed by atoms with Gasteiger partial charge in [0.05, 0.1) is 0 Å². The van der Waals surface area contributed by atoms with Crippen LogP contribution in [0.25, 0.3) is 0 Å². The molecule has 0 radical (unpaired) electrons. The highest BCUT2D eigenvalue weighted by Gasteiger charge is 2.12. The van der Waals surface area contributed by atoms with Gasteiger partial charge < -0.3 is 10.2 Å². The van der Waals surface area contributed by atoms with E-state index >= 15 is 0 Å². The first kappa shape index (κ1) is 16.1. The number of halogens is 1. The minimum Gasteiger partial charge on any atom is -0.372 e. The van der Waals surface area contributed by atoms with Crippen molar-refractivity contribution >= 4 is 33.2 Å². The van der Waals surface area contributed by atoms with E-state index in [0.717, 1.165) is 28.8 Å². The first-order chi connectivity index (χ1) is 11.1. The third-order valence-electron chi connectivity index (χ3n) is 4.28. The van der Waals surface area contributed by atoms with Crippen LogP contribution in [-0.4, -0.2) is 19.0 Å². The molecule has 0 aromatic heterocycles. The summed E-state index contributed by atoms with van der Waals surface area (Å²) in [5, 5.41) is 2.98. The van der Waals surface area contributed by atoms with Crippen molar-refractivity contribution in [3.05, 3.63) is 58.1 Å². The number of anilines is 2. The average Bonchev–Trinajstić information content (AvgIpc) is 2.56. The Morgan fingerprint density at radius 1 is 1.04 bits per heavy atom. The lowest BCUT2D eigenvalue weighted by molar-refractivity contribution is 0.102. The van der Waals surface area contributed by atoms with E-state index < -0.39 is 0 Å². The summed E-state index contributed by atoms with van der Waals surface area (Å²) in [6.07, 6.45) is 3.86. The van der Waals surface area contributed by atoms with Crippen LogP contribution in [0.5, 0.6) is 0 Å². The second kappa shape index (κ2) is 7.18. The molecule has 3 rings (SSSR count). The highest BCUT2D eigenvalue weighted by atomic mass is 79.9. The molecule has 4 heteroatoms. The second-order valence-electron chi connectivity index (χ2n) is 6.01. The maximum absolute atomic E-state index is 12.4. The van der Waals surface area contributed by atoms with E-state index in [-0.39, 0.29) is 5.91 Å². The van der Waals surface area contributed by atoms with Gasteiger partial charge in [-0.3, -0.25) is 4.79 Å². The number of rotatable bonds is 3. The van der Waals surface area contributed by atoms with Crippen molar-refractivity contribution in [1.82, 2.24) is 0 Å². The maximum atomic E-state index is 12.4. The van der Waals surface area contributed by atoms with E-state index in [1.807, 2.05) is 37.3 Å². The van der Waals surface area contributed by atoms with Gasteiger partial charge in [0, 0.05) is 34.5 Å². The van der Waals surface area contributed by atoms with Crippen molar-refractivity contribution < 1.29 is 4.79 Å². The van der Waals surface area contributed by atoms with Gasteiger partial charge in [0.15, 0.2) is 0 Å². The van der Waals surface area contributed by atoms with Crippen LogP contribution >= 0.6 is 15.9 Å². The van der Waals surface area contributed by atoms with E-state index in [1.165, 1.54) is 24.9 Å². The Morgan fingerprint density at radius 3 is 2.39 bits per heavy atom. The van der Waals surface area contributed by atoms with Crippen LogP contribution in [-0.2, 0) is 0 Å². The molecule has 1 fully saturated rings. The van der Waals surface area contributed by atoms with Crippen LogP contribution < -0.4 is 10.2 Å². The molecule has 1 aliphatic heterocycles. The van der Waals surface area contributed by atoms with Crippen molar-refractivity contribution in [2.45, 2.75) is 26.2 Å². The summed E-state index contributed by atoms with van der Waals surface area (Å²) in [6, 6.07) is 13.8. The molecule has 0 bridgehead atoms. The molecule has 1 heterocycles. The first-order valence-electron chi connectivity index (χ1n) is 8.06. The van der Waals surface area contributed by atoms with Crippen molar-refractivity contribution in [3.63, 3.8) is 0 Å². The Hall–Kier alpha value is -1.81. The van der Waals surface area contributed by atoms with Crippen molar-refractivity contribution in [2.75, 3.05) is 23.3 Å². The zero-order valence-corrected chi connectivity index (χ0v) is 14.9. The second-order valence-corrected chi connectivity index (χ2v) is 6.92. The number of amides is 1. The number of hydrogen-bond acceptors (Lipinski definition) is 2. The molecule has 2 aromatic rings. The van der Waals surface area contributed by atoms with Crippen LogP contribution in [0.15, 0.2) is 46.9 Å². The molecular formula is C19H21BrN2O. The number of carbonyl (C=O) groups excluding carboxylic acids is 1. The van der Waals surface area contributed by atoms with Crippen LogP contribution in [0.3, 0.4) is 0 Å². The van der Waals surface area contributed by atoms with Crippen molar-refractivity contribution in [2.24, 2.45) is 0 Å². The Kier molecular flexibility index (Phi) is 5.01. The van der Waals surface area contributed by atoms with E-state index in [2.05, 4.69) is 38.3 Å². The van der Waals surface area contributed by atoms with Gasteiger partial charge in [-0.05, 0) is 74.2 Å². The highest BCUT2D eigenvalue weighted by molar-refractivity contribution is 9.10. The molecule has 0 aliphatic carbocycles. The Morgan fingerprint density at radius 2 is 1.74 bits per heavy atom. The van der Waals surface area contributed by atoms with E-state index in [1.54, 1.807) is 0 Å². The first-order valence-corrected chi connectivity index (χ1v) is 8.85. The van der Waals surface area contributed by atoms with Crippen LogP contribution in [0.1, 0.15) is 35.2 Å². The number of nitrogens with one attached hydrogen (secondary N) is 1. The number of nitrogens with zero attached hydrogens (tertiary/aromatic N) is 1. The summed E-state index contributed by atoms with van der Waals surface area (Å²) in [5.74, 6) is -0.0688. The number of aryl methyl sites for hydroxylation is 1. The molecule has 0 unspecified atom stereocenters. The smallest absolute Gasteiger partial charge is 0.255 e. The average molecular weight is 373 g/mol.